The number of hydrogen-bond acceptors (Lipinski definition) is 7. The van der Waals surface area contributed by atoms with Gasteiger partial charge in [-0.2, -0.15) is 0 Å². The second-order valence-corrected chi connectivity index (χ2v) is 13.2. The Hall–Kier alpha value is -4.29. The van der Waals surface area contributed by atoms with E-state index in [1.54, 1.807) is 0 Å². The number of aliphatic hydroxyl groups is 1. The van der Waals surface area contributed by atoms with Crippen molar-refractivity contribution in [2.45, 2.75) is 88.9 Å². The molecule has 0 bridgehead atoms. The van der Waals surface area contributed by atoms with Crippen molar-refractivity contribution in [3.05, 3.63) is 100.0 Å². The molecule has 2 saturated heterocycles. The molecule has 6 rings (SSSR count). The van der Waals surface area contributed by atoms with Crippen molar-refractivity contribution >= 4 is 28.6 Å². The van der Waals surface area contributed by atoms with Gasteiger partial charge in [0.25, 0.3) is 0 Å². The van der Waals surface area contributed by atoms with Crippen LogP contribution in [0, 0.1) is 0 Å². The van der Waals surface area contributed by atoms with Crippen molar-refractivity contribution in [1.29, 1.82) is 0 Å². The number of imidazole rings is 1. The number of unbranched alkanes of at least 4 members (excludes halogenated alkanes) is 3. The lowest BCUT2D eigenvalue weighted by Gasteiger charge is -2.40. The zero-order chi connectivity index (χ0) is 34.2. The number of aliphatic carboxylic acids is 1. The number of hydrogen-bond donors (Lipinski definition) is 4. The van der Waals surface area contributed by atoms with E-state index in [2.05, 4.69) is 15.2 Å². The molecule has 49 heavy (non-hydrogen) atoms. The van der Waals surface area contributed by atoms with Crippen LogP contribution in [-0.2, 0) is 25.7 Å². The maximum atomic E-state index is 12.8. The van der Waals surface area contributed by atoms with Gasteiger partial charge < -0.3 is 34.9 Å². The van der Waals surface area contributed by atoms with Gasteiger partial charge in [-0.05, 0) is 61.1 Å². The normalized spacial score (nSPS) is 20.4. The molecule has 3 heterocycles. The Morgan fingerprint density at radius 1 is 0.857 bits per heavy atom. The maximum absolute atomic E-state index is 12.8. The van der Waals surface area contributed by atoms with Crippen LogP contribution < -0.4 is 11.0 Å². The molecule has 0 saturated carbocycles. The van der Waals surface area contributed by atoms with Crippen LogP contribution in [0.4, 0.5) is 5.69 Å². The van der Waals surface area contributed by atoms with Gasteiger partial charge in [-0.3, -0.25) is 14.2 Å². The smallest absolute Gasteiger partial charge is 0.326 e. The summed E-state index contributed by atoms with van der Waals surface area (Å²) < 4.78 is 15.0. The number of carbonyl (C=O) groups is 2. The van der Waals surface area contributed by atoms with Gasteiger partial charge in [0.1, 0.15) is 0 Å². The zero-order valence-electron chi connectivity index (χ0n) is 27.8. The monoisotopic (exact) mass is 670 g/mol. The summed E-state index contributed by atoms with van der Waals surface area (Å²) in [6.45, 7) is 2.44. The Balaban J connectivity index is 1.07. The molecule has 3 aromatic carbocycles. The van der Waals surface area contributed by atoms with E-state index >= 15 is 0 Å². The highest BCUT2D eigenvalue weighted by atomic mass is 16.7. The fraction of sp³-hybridized carbons (Fsp3) is 0.447. The third kappa shape index (κ3) is 9.04. The second-order valence-electron chi connectivity index (χ2n) is 13.2. The quantitative estimate of drug-likeness (QED) is 0.118. The number of carboxylic acid groups (broad SMARTS) is 1. The van der Waals surface area contributed by atoms with E-state index in [1.807, 2.05) is 77.4 Å². The van der Waals surface area contributed by atoms with Crippen LogP contribution in [-0.4, -0.2) is 62.3 Å². The number of piperidine rings is 1. The van der Waals surface area contributed by atoms with Crippen molar-refractivity contribution in [2.75, 3.05) is 25.0 Å². The predicted octanol–water partition coefficient (Wildman–Crippen LogP) is 6.07. The maximum Gasteiger partial charge on any atom is 0.326 e. The number of aliphatic hydroxyl groups excluding tert-OH is 1. The number of fused-ring (bicyclic) bond motifs is 1. The topological polar surface area (TPSA) is 146 Å². The number of rotatable bonds is 14. The van der Waals surface area contributed by atoms with Gasteiger partial charge in [0.2, 0.25) is 5.91 Å². The summed E-state index contributed by atoms with van der Waals surface area (Å²) in [6, 6.07) is 23.4. The van der Waals surface area contributed by atoms with Crippen LogP contribution in [0.2, 0.25) is 0 Å². The fourth-order valence-corrected chi connectivity index (χ4v) is 6.98. The number of amides is 1. The third-order valence-corrected chi connectivity index (χ3v) is 9.63. The predicted molar refractivity (Wildman–Crippen MR) is 186 cm³/mol. The van der Waals surface area contributed by atoms with Crippen LogP contribution in [0.3, 0.4) is 0 Å². The first-order valence-electron chi connectivity index (χ1n) is 17.4. The van der Waals surface area contributed by atoms with Crippen molar-refractivity contribution in [3.63, 3.8) is 0 Å². The minimum Gasteiger partial charge on any atom is -0.481 e. The summed E-state index contributed by atoms with van der Waals surface area (Å²) in [5.74, 6) is -0.855. The molecule has 2 aliphatic rings. The van der Waals surface area contributed by atoms with Gasteiger partial charge in [-0.25, -0.2) is 4.79 Å². The standard InChI is InChI=1S/C38H46N4O7/c43-25-26-11-13-27(14-12-26)34-23-31(24-41-21-19-30(20-22-41)42-33-8-6-5-7-32(33)40-38(42)47)48-37(49-34)28-15-17-29(18-16-28)39-35(44)9-3-1-2-4-10-36(45)46/h5-8,11-18,30-31,34,37,43H,1-4,9-10,19-25H2,(H,39,44)(H,40,47)(H,45,46). The highest BCUT2D eigenvalue weighted by Crippen LogP contribution is 2.39. The number of likely N-dealkylation sites (tertiary alicyclic amines) is 1. The fourth-order valence-electron chi connectivity index (χ4n) is 6.98. The SMILES string of the molecule is O=C(O)CCCCCCC(=O)Nc1ccc(C2OC(CN3CCC(n4c(=O)[nH]c5ccccc54)CC3)CC(c3ccc(CO)cc3)O2)cc1. The Bertz CT molecular complexity index is 1740. The Morgan fingerprint density at radius 3 is 2.27 bits per heavy atom. The van der Waals surface area contributed by atoms with E-state index in [9.17, 15) is 19.5 Å². The highest BCUT2D eigenvalue weighted by molar-refractivity contribution is 5.90. The molecule has 11 nitrogen and oxygen atoms in total. The van der Waals surface area contributed by atoms with E-state index in [-0.39, 0.29) is 42.9 Å². The number of anilines is 1. The molecule has 3 unspecified atom stereocenters. The van der Waals surface area contributed by atoms with Gasteiger partial charge >= 0.3 is 11.7 Å². The summed E-state index contributed by atoms with van der Waals surface area (Å²) in [5, 5.41) is 21.3. The van der Waals surface area contributed by atoms with Gasteiger partial charge in [0.15, 0.2) is 6.29 Å². The number of nitrogens with one attached hydrogen (secondary N) is 2. The third-order valence-electron chi connectivity index (χ3n) is 9.63. The first-order valence-corrected chi connectivity index (χ1v) is 17.4. The summed E-state index contributed by atoms with van der Waals surface area (Å²) in [4.78, 5) is 41.3. The van der Waals surface area contributed by atoms with Crippen LogP contribution in [0.1, 0.15) is 92.9 Å². The van der Waals surface area contributed by atoms with Crippen molar-refractivity contribution in [1.82, 2.24) is 14.5 Å². The molecular formula is C38H46N4O7. The van der Waals surface area contributed by atoms with Crippen LogP contribution in [0.25, 0.3) is 11.0 Å². The van der Waals surface area contributed by atoms with Crippen LogP contribution in [0.15, 0.2) is 77.6 Å². The Labute approximate surface area is 285 Å². The molecule has 11 heteroatoms. The number of aromatic amines is 1. The van der Waals surface area contributed by atoms with E-state index < -0.39 is 12.3 Å². The van der Waals surface area contributed by atoms with Crippen LogP contribution in [0.5, 0.6) is 0 Å². The van der Waals surface area contributed by atoms with Crippen LogP contribution >= 0.6 is 0 Å². The average Bonchev–Trinajstić information content (AvgIpc) is 3.45. The number of ether oxygens (including phenoxy) is 2. The lowest BCUT2D eigenvalue weighted by atomic mass is 9.98. The zero-order valence-corrected chi connectivity index (χ0v) is 27.8. The average molecular weight is 671 g/mol. The highest BCUT2D eigenvalue weighted by Gasteiger charge is 2.34. The molecule has 3 atom stereocenters. The molecule has 4 N–H and O–H groups in total. The number of benzene rings is 3. The molecule has 2 aliphatic heterocycles. The summed E-state index contributed by atoms with van der Waals surface area (Å²) >= 11 is 0. The van der Waals surface area contributed by atoms with Gasteiger partial charge in [-0.1, -0.05) is 61.4 Å². The number of aromatic nitrogens is 2. The van der Waals surface area contributed by atoms with E-state index in [0.717, 1.165) is 73.0 Å². The van der Waals surface area contributed by atoms with Gasteiger partial charge in [0.05, 0.1) is 29.8 Å². The number of nitrogens with zero attached hydrogens (tertiary/aromatic N) is 2. The molecule has 0 spiro atoms. The largest absolute Gasteiger partial charge is 0.481 e. The first kappa shape index (κ1) is 34.6. The molecule has 0 aliphatic carbocycles. The molecular weight excluding hydrogens is 624 g/mol. The number of carbonyl (C=O) groups excluding carboxylic acids is 1. The minimum atomic E-state index is -0.786. The number of para-hydroxylation sites is 2. The molecule has 1 amide bonds. The van der Waals surface area contributed by atoms with Crippen molar-refractivity contribution in [3.8, 4) is 0 Å². The van der Waals surface area contributed by atoms with E-state index in [1.165, 1.54) is 0 Å². The second kappa shape index (κ2) is 16.4. The van der Waals surface area contributed by atoms with Crippen molar-refractivity contribution in [2.24, 2.45) is 0 Å². The van der Waals surface area contributed by atoms with Crippen molar-refractivity contribution < 1.29 is 29.3 Å². The lowest BCUT2D eigenvalue weighted by molar-refractivity contribution is -0.253. The number of H-pyrrole nitrogens is 1. The Kier molecular flexibility index (Phi) is 11.6. The molecule has 4 aromatic rings. The molecule has 0 radical (unpaired) electrons. The molecule has 2 fully saturated rings. The first-order chi connectivity index (χ1) is 23.9. The summed E-state index contributed by atoms with van der Waals surface area (Å²) in [5.41, 5.74) is 5.19. The minimum absolute atomic E-state index is 0.0174. The Morgan fingerprint density at radius 2 is 1.55 bits per heavy atom. The van der Waals surface area contributed by atoms with E-state index in [0.29, 0.717) is 31.4 Å². The number of carboxylic acids is 1. The summed E-state index contributed by atoms with van der Waals surface area (Å²) in [6.07, 6.45) is 5.06. The van der Waals surface area contributed by atoms with Gasteiger partial charge in [0, 0.05) is 56.2 Å². The lowest BCUT2D eigenvalue weighted by Crippen LogP contribution is -2.43. The molecule has 1 aromatic heterocycles. The molecule has 260 valence electrons. The summed E-state index contributed by atoms with van der Waals surface area (Å²) in [7, 11) is 0. The van der Waals surface area contributed by atoms with Gasteiger partial charge in [-0.15, -0.1) is 0 Å². The van der Waals surface area contributed by atoms with E-state index in [4.69, 9.17) is 14.6 Å².